The van der Waals surface area contributed by atoms with Crippen molar-refractivity contribution in [3.63, 3.8) is 0 Å². The van der Waals surface area contributed by atoms with Gasteiger partial charge in [-0.2, -0.15) is 0 Å². The van der Waals surface area contributed by atoms with Crippen molar-refractivity contribution in [2.75, 3.05) is 20.8 Å². The lowest BCUT2D eigenvalue weighted by atomic mass is 9.81. The predicted octanol–water partition coefficient (Wildman–Crippen LogP) is 3.84. The number of rotatable bonds is 3. The van der Waals surface area contributed by atoms with E-state index in [4.69, 9.17) is 28.9 Å². The van der Waals surface area contributed by atoms with Crippen molar-refractivity contribution in [1.82, 2.24) is 0 Å². The maximum Gasteiger partial charge on any atom is 0.178 e. The fraction of sp³-hybridized carbons (Fsp3) is 0.333. The minimum absolute atomic E-state index is 0.0228. The molecular formula is C24H23NO6. The summed E-state index contributed by atoms with van der Waals surface area (Å²) >= 11 is 0. The number of carbonyl (C=O) groups excluding carboxylic acids is 1. The largest absolute Gasteiger partial charge is 0.493 e. The Morgan fingerprint density at radius 3 is 2.52 bits per heavy atom. The van der Waals surface area contributed by atoms with E-state index in [1.807, 2.05) is 19.1 Å². The van der Waals surface area contributed by atoms with Crippen LogP contribution in [0.3, 0.4) is 0 Å². The van der Waals surface area contributed by atoms with Gasteiger partial charge in [0.05, 0.1) is 25.7 Å². The predicted molar refractivity (Wildman–Crippen MR) is 113 cm³/mol. The molecule has 3 aliphatic heterocycles. The topological polar surface area (TPSA) is 87.0 Å². The number of ether oxygens (including phenoxy) is 5. The summed E-state index contributed by atoms with van der Waals surface area (Å²) in [7, 11) is 3.14. The number of hydrogen-bond donors (Lipinski definition) is 0. The first-order chi connectivity index (χ1) is 15.0. The number of fused-ring (bicyclic) bond motifs is 6. The molecule has 0 bridgehead atoms. The number of carbonyl (C=O) groups is 1. The van der Waals surface area contributed by atoms with Gasteiger partial charge in [-0.25, -0.2) is 5.26 Å². The Morgan fingerprint density at radius 1 is 1.13 bits per heavy atom. The molecule has 160 valence electrons. The van der Waals surface area contributed by atoms with Crippen LogP contribution in [-0.4, -0.2) is 38.8 Å². The van der Waals surface area contributed by atoms with Crippen molar-refractivity contribution in [1.29, 1.82) is 5.26 Å². The first-order valence-corrected chi connectivity index (χ1v) is 9.85. The van der Waals surface area contributed by atoms with Crippen molar-refractivity contribution in [2.45, 2.75) is 31.5 Å². The molecule has 0 radical (unpaired) electrons. The van der Waals surface area contributed by atoms with Crippen LogP contribution in [0.2, 0.25) is 0 Å². The normalized spacial score (nSPS) is 22.0. The van der Waals surface area contributed by atoms with Crippen LogP contribution in [-0.2, 0) is 6.42 Å². The summed E-state index contributed by atoms with van der Waals surface area (Å²) in [6.45, 7) is 9.72. The van der Waals surface area contributed by atoms with E-state index in [0.717, 1.165) is 22.4 Å². The van der Waals surface area contributed by atoms with E-state index in [1.165, 1.54) is 0 Å². The molecule has 3 atom stereocenters. The van der Waals surface area contributed by atoms with Crippen LogP contribution < -0.4 is 23.7 Å². The lowest BCUT2D eigenvalue weighted by molar-refractivity contribution is 0.0554. The third-order valence-electron chi connectivity index (χ3n) is 5.87. The van der Waals surface area contributed by atoms with Crippen molar-refractivity contribution >= 4 is 5.78 Å². The number of ketones is 1. The van der Waals surface area contributed by atoms with Crippen LogP contribution in [0.25, 0.3) is 0 Å². The molecular weight excluding hydrogens is 398 g/mol. The van der Waals surface area contributed by atoms with E-state index in [9.17, 15) is 4.79 Å². The van der Waals surface area contributed by atoms with Gasteiger partial charge in [-0.3, -0.25) is 4.79 Å². The molecule has 5 rings (SSSR count). The molecule has 0 spiro atoms. The zero-order valence-electron chi connectivity index (χ0n) is 17.6. The summed E-state index contributed by atoms with van der Waals surface area (Å²) in [5.74, 6) is 2.68. The van der Waals surface area contributed by atoms with Crippen LogP contribution in [0, 0.1) is 11.8 Å². The Balaban J connectivity index is 0.00000112. The molecule has 31 heavy (non-hydrogen) atoms. The third-order valence-corrected chi connectivity index (χ3v) is 5.87. The molecule has 2 aromatic carbocycles. The Bertz CT molecular complexity index is 1090. The summed E-state index contributed by atoms with van der Waals surface area (Å²) in [5, 5.41) is 6.50. The standard InChI is InChI=1S/C23H22O6.CHN/c1-11(2)16-8-14-15(28-16)6-5-12-22(24)21-13-7-18(25-3)19(26-4)9-17(13)27-10-20(21)29-23(12)14;1-2/h5-7,9,16,20-21H,1,8,10H2,2-4H3;1H/t16-,20-,21+;/m1./s1. The van der Waals surface area contributed by atoms with Gasteiger partial charge in [0.25, 0.3) is 0 Å². The highest BCUT2D eigenvalue weighted by molar-refractivity contribution is 6.06. The van der Waals surface area contributed by atoms with Crippen LogP contribution in [0.15, 0.2) is 36.4 Å². The lowest BCUT2D eigenvalue weighted by Crippen LogP contribution is -2.43. The summed E-state index contributed by atoms with van der Waals surface area (Å²) < 4.78 is 29.0. The van der Waals surface area contributed by atoms with Crippen molar-refractivity contribution < 1.29 is 28.5 Å². The van der Waals surface area contributed by atoms with Gasteiger partial charge in [0, 0.05) is 30.2 Å². The van der Waals surface area contributed by atoms with Gasteiger partial charge in [-0.1, -0.05) is 6.58 Å². The molecule has 3 heterocycles. The molecule has 0 aliphatic carbocycles. The fourth-order valence-electron chi connectivity index (χ4n) is 4.34. The van der Waals surface area contributed by atoms with Gasteiger partial charge >= 0.3 is 0 Å². The number of methoxy groups -OCH3 is 2. The summed E-state index contributed by atoms with van der Waals surface area (Å²) in [6, 6.07) is 7.23. The molecule has 0 aromatic heterocycles. The van der Waals surface area contributed by atoms with E-state index < -0.39 is 12.0 Å². The summed E-state index contributed by atoms with van der Waals surface area (Å²) in [5.41, 5.74) is 3.22. The minimum Gasteiger partial charge on any atom is -0.493 e. The number of benzene rings is 2. The zero-order chi connectivity index (χ0) is 22.3. The molecule has 2 aromatic rings. The van der Waals surface area contributed by atoms with E-state index >= 15 is 0 Å². The van der Waals surface area contributed by atoms with E-state index in [0.29, 0.717) is 35.0 Å². The lowest BCUT2D eigenvalue weighted by Gasteiger charge is -2.37. The Morgan fingerprint density at radius 2 is 1.84 bits per heavy atom. The molecule has 3 aliphatic rings. The highest BCUT2D eigenvalue weighted by Crippen LogP contribution is 2.49. The van der Waals surface area contributed by atoms with Gasteiger partial charge in [0.15, 0.2) is 17.3 Å². The second-order valence-corrected chi connectivity index (χ2v) is 7.63. The Labute approximate surface area is 180 Å². The molecule has 0 saturated carbocycles. The SMILES string of the molecule is C#N.C=C(C)[C@H]1Cc2c(ccc3c2O[C@@H]2COc4cc(OC)c(OC)cc4[C@@H]2C3=O)O1. The molecule has 0 fully saturated rings. The van der Waals surface area contributed by atoms with Crippen LogP contribution in [0.5, 0.6) is 28.7 Å². The van der Waals surface area contributed by atoms with Crippen LogP contribution >= 0.6 is 0 Å². The number of nitrogens with zero attached hydrogens (tertiary/aromatic N) is 1. The molecule has 0 saturated heterocycles. The smallest absolute Gasteiger partial charge is 0.178 e. The van der Waals surface area contributed by atoms with Crippen molar-refractivity contribution in [3.8, 4) is 35.3 Å². The number of hydrogen-bond acceptors (Lipinski definition) is 7. The quantitative estimate of drug-likeness (QED) is 0.696. The zero-order valence-corrected chi connectivity index (χ0v) is 17.6. The van der Waals surface area contributed by atoms with Crippen LogP contribution in [0.1, 0.15) is 34.3 Å². The van der Waals surface area contributed by atoms with Gasteiger partial charge in [-0.15, -0.1) is 0 Å². The monoisotopic (exact) mass is 421 g/mol. The number of Topliss-reactive ketones (excluding diaryl/α,β-unsaturated/α-hetero) is 1. The van der Waals surface area contributed by atoms with Gasteiger partial charge < -0.3 is 23.7 Å². The first kappa shape index (κ1) is 20.6. The molecule has 0 amide bonds. The van der Waals surface area contributed by atoms with Gasteiger partial charge in [0.2, 0.25) is 0 Å². The highest BCUT2D eigenvalue weighted by atomic mass is 16.5. The van der Waals surface area contributed by atoms with E-state index in [1.54, 1.807) is 26.4 Å². The Kier molecular flexibility index (Phi) is 5.24. The molecule has 0 unspecified atom stereocenters. The van der Waals surface area contributed by atoms with E-state index in [-0.39, 0.29) is 18.5 Å². The second-order valence-electron chi connectivity index (χ2n) is 7.63. The fourth-order valence-corrected chi connectivity index (χ4v) is 4.34. The first-order valence-electron chi connectivity index (χ1n) is 9.85. The summed E-state index contributed by atoms with van der Waals surface area (Å²) in [4.78, 5) is 13.5. The molecule has 7 nitrogen and oxygen atoms in total. The van der Waals surface area contributed by atoms with Crippen molar-refractivity contribution in [3.05, 3.63) is 53.1 Å². The summed E-state index contributed by atoms with van der Waals surface area (Å²) in [6.07, 6.45) is 0.157. The van der Waals surface area contributed by atoms with E-state index in [2.05, 4.69) is 13.2 Å². The minimum atomic E-state index is -0.455. The highest BCUT2D eigenvalue weighted by Gasteiger charge is 2.45. The Hall–Kier alpha value is -3.66. The second kappa shape index (κ2) is 7.88. The average molecular weight is 421 g/mol. The van der Waals surface area contributed by atoms with Crippen LogP contribution in [0.4, 0.5) is 0 Å². The number of nitriles is 1. The third kappa shape index (κ3) is 3.15. The van der Waals surface area contributed by atoms with Crippen molar-refractivity contribution in [2.24, 2.45) is 0 Å². The van der Waals surface area contributed by atoms with Gasteiger partial charge in [-0.05, 0) is 30.7 Å². The van der Waals surface area contributed by atoms with Gasteiger partial charge in [0.1, 0.15) is 36.1 Å². The maximum absolute atomic E-state index is 13.5. The molecule has 7 heteroatoms. The average Bonchev–Trinajstić information content (AvgIpc) is 3.24. The maximum atomic E-state index is 13.5. The molecule has 0 N–H and O–H groups in total.